The summed E-state index contributed by atoms with van der Waals surface area (Å²) in [5, 5.41) is 3.49. The highest BCUT2D eigenvalue weighted by atomic mass is 127. The van der Waals surface area contributed by atoms with E-state index in [-0.39, 0.29) is 41.9 Å². The van der Waals surface area contributed by atoms with E-state index < -0.39 is 0 Å². The summed E-state index contributed by atoms with van der Waals surface area (Å²) in [6.45, 7) is 4.51. The number of aliphatic imine (C=N–C) groups is 1. The summed E-state index contributed by atoms with van der Waals surface area (Å²) < 4.78 is 10.6. The Kier molecular flexibility index (Phi) is 11.3. The largest absolute Gasteiger partial charge is 0.497 e. The fourth-order valence-corrected chi connectivity index (χ4v) is 3.59. The molecule has 0 saturated carbocycles. The maximum atomic E-state index is 12.1. The lowest BCUT2D eigenvalue weighted by Gasteiger charge is -2.35. The quantitative estimate of drug-likeness (QED) is 0.259. The van der Waals surface area contributed by atoms with Crippen LogP contribution in [0.3, 0.4) is 0 Å². The van der Waals surface area contributed by atoms with Crippen LogP contribution in [0.4, 0.5) is 0 Å². The summed E-state index contributed by atoms with van der Waals surface area (Å²) >= 11 is 0. The van der Waals surface area contributed by atoms with E-state index in [4.69, 9.17) is 9.47 Å². The average molecular weight is 518 g/mol. The zero-order valence-corrected chi connectivity index (χ0v) is 20.5. The molecule has 1 heterocycles. The van der Waals surface area contributed by atoms with Gasteiger partial charge in [-0.25, -0.2) is 0 Å². The van der Waals surface area contributed by atoms with Crippen LogP contribution in [-0.4, -0.2) is 76.2 Å². The van der Waals surface area contributed by atoms with Crippen LogP contribution in [-0.2, 0) is 9.53 Å². The summed E-state index contributed by atoms with van der Waals surface area (Å²) in [6, 6.07) is 8.29. The second-order valence-corrected chi connectivity index (χ2v) is 7.22. The van der Waals surface area contributed by atoms with E-state index in [0.717, 1.165) is 31.1 Å². The summed E-state index contributed by atoms with van der Waals surface area (Å²) in [5.74, 6) is 1.48. The van der Waals surface area contributed by atoms with Crippen LogP contribution in [0.2, 0.25) is 0 Å². The Bertz CT molecular complexity index is 669. The molecule has 1 aromatic rings. The molecule has 8 heteroatoms. The van der Waals surface area contributed by atoms with E-state index in [0.29, 0.717) is 19.7 Å². The lowest BCUT2D eigenvalue weighted by molar-refractivity contribution is -0.149. The predicted octanol–water partition coefficient (Wildman–Crippen LogP) is 2.77. The smallest absolute Gasteiger partial charge is 0.310 e. The number of guanidine groups is 1. The van der Waals surface area contributed by atoms with Crippen molar-refractivity contribution in [3.63, 3.8) is 0 Å². The molecule has 2 unspecified atom stereocenters. The number of nitrogens with one attached hydrogen (secondary N) is 1. The third-order valence-corrected chi connectivity index (χ3v) is 5.11. The molecular weight excluding hydrogens is 483 g/mol. The zero-order chi connectivity index (χ0) is 20.5. The van der Waals surface area contributed by atoms with E-state index in [1.807, 2.05) is 19.1 Å². The molecule has 0 amide bonds. The number of likely N-dealkylation sites (tertiary alicyclic amines) is 1. The first kappa shape index (κ1) is 25.5. The number of methoxy groups -OCH3 is 1. The molecule has 1 aromatic carbocycles. The molecule has 0 aromatic heterocycles. The van der Waals surface area contributed by atoms with Gasteiger partial charge in [-0.15, -0.1) is 24.0 Å². The lowest BCUT2D eigenvalue weighted by Crippen LogP contribution is -2.49. The Balaban J connectivity index is 0.00000420. The monoisotopic (exact) mass is 518 g/mol. The van der Waals surface area contributed by atoms with Crippen molar-refractivity contribution >= 4 is 35.9 Å². The third kappa shape index (κ3) is 7.33. The Morgan fingerprint density at radius 2 is 2.17 bits per heavy atom. The molecule has 1 fully saturated rings. The zero-order valence-electron chi connectivity index (χ0n) is 18.2. The number of halogens is 1. The highest BCUT2D eigenvalue weighted by Crippen LogP contribution is 2.23. The topological polar surface area (TPSA) is 66.4 Å². The Morgan fingerprint density at radius 3 is 2.79 bits per heavy atom. The van der Waals surface area contributed by atoms with Crippen molar-refractivity contribution in [2.75, 3.05) is 54.5 Å². The van der Waals surface area contributed by atoms with Crippen molar-refractivity contribution < 1.29 is 14.3 Å². The third-order valence-electron chi connectivity index (χ3n) is 5.11. The first-order valence-electron chi connectivity index (χ1n) is 9.92. The number of likely N-dealkylation sites (N-methyl/N-ethyl adjacent to an activating group) is 1. The number of piperidine rings is 1. The van der Waals surface area contributed by atoms with Gasteiger partial charge in [-0.3, -0.25) is 9.79 Å². The van der Waals surface area contributed by atoms with Gasteiger partial charge in [-0.2, -0.15) is 0 Å². The second-order valence-electron chi connectivity index (χ2n) is 7.22. The number of carbonyl (C=O) groups is 1. The van der Waals surface area contributed by atoms with E-state index in [1.165, 1.54) is 5.56 Å². The number of ether oxygens (including phenoxy) is 2. The lowest BCUT2D eigenvalue weighted by atomic mass is 9.98. The van der Waals surface area contributed by atoms with Crippen LogP contribution in [0.1, 0.15) is 31.4 Å². The fraction of sp³-hybridized carbons (Fsp3) is 0.619. The Hall–Kier alpha value is -1.55. The minimum absolute atomic E-state index is 0. The molecule has 7 nitrogen and oxygen atoms in total. The molecule has 1 aliphatic heterocycles. The number of hydrogen-bond donors (Lipinski definition) is 1. The van der Waals surface area contributed by atoms with Gasteiger partial charge in [-0.1, -0.05) is 12.1 Å². The summed E-state index contributed by atoms with van der Waals surface area (Å²) in [7, 11) is 7.59. The van der Waals surface area contributed by atoms with Crippen molar-refractivity contribution in [1.29, 1.82) is 0 Å². The molecule has 0 aliphatic carbocycles. The van der Waals surface area contributed by atoms with Crippen LogP contribution < -0.4 is 10.1 Å². The van der Waals surface area contributed by atoms with Crippen LogP contribution in [0.15, 0.2) is 29.3 Å². The van der Waals surface area contributed by atoms with Crippen molar-refractivity contribution in [1.82, 2.24) is 15.1 Å². The SMILES string of the molecule is CCOC(=O)C1CCCN(C(=NC)NCC(c2cccc(OC)c2)N(C)C)C1.I. The molecule has 1 N–H and O–H groups in total. The number of hydrogen-bond acceptors (Lipinski definition) is 5. The van der Waals surface area contributed by atoms with Crippen molar-refractivity contribution in [2.45, 2.75) is 25.8 Å². The first-order chi connectivity index (χ1) is 13.5. The highest BCUT2D eigenvalue weighted by molar-refractivity contribution is 14.0. The van der Waals surface area contributed by atoms with Crippen LogP contribution in [0, 0.1) is 5.92 Å². The molecule has 0 spiro atoms. The van der Waals surface area contributed by atoms with Gasteiger partial charge in [0.15, 0.2) is 5.96 Å². The van der Waals surface area contributed by atoms with Crippen molar-refractivity contribution in [3.05, 3.63) is 29.8 Å². The Morgan fingerprint density at radius 1 is 1.41 bits per heavy atom. The molecule has 29 heavy (non-hydrogen) atoms. The van der Waals surface area contributed by atoms with E-state index in [1.54, 1.807) is 14.2 Å². The van der Waals surface area contributed by atoms with E-state index >= 15 is 0 Å². The number of esters is 1. The number of benzene rings is 1. The fourth-order valence-electron chi connectivity index (χ4n) is 3.59. The van der Waals surface area contributed by atoms with Gasteiger partial charge in [0.2, 0.25) is 0 Å². The summed E-state index contributed by atoms with van der Waals surface area (Å²) in [6.07, 6.45) is 1.83. The van der Waals surface area contributed by atoms with Gasteiger partial charge >= 0.3 is 5.97 Å². The molecule has 1 aliphatic rings. The molecule has 2 rings (SSSR count). The maximum absolute atomic E-state index is 12.1. The predicted molar refractivity (Wildman–Crippen MR) is 127 cm³/mol. The highest BCUT2D eigenvalue weighted by Gasteiger charge is 2.28. The maximum Gasteiger partial charge on any atom is 0.310 e. The van der Waals surface area contributed by atoms with Gasteiger partial charge in [0.05, 0.1) is 25.7 Å². The summed E-state index contributed by atoms with van der Waals surface area (Å²) in [4.78, 5) is 20.9. The minimum Gasteiger partial charge on any atom is -0.497 e. The van der Waals surface area contributed by atoms with E-state index in [9.17, 15) is 4.79 Å². The molecule has 0 bridgehead atoms. The van der Waals surface area contributed by atoms with Gasteiger partial charge in [0.25, 0.3) is 0 Å². The van der Waals surface area contributed by atoms with Gasteiger partial charge in [0.1, 0.15) is 5.75 Å². The molecule has 1 saturated heterocycles. The van der Waals surface area contributed by atoms with Crippen LogP contribution in [0.25, 0.3) is 0 Å². The number of nitrogens with zero attached hydrogens (tertiary/aromatic N) is 3. The number of rotatable bonds is 7. The Labute approximate surface area is 191 Å². The average Bonchev–Trinajstić information content (AvgIpc) is 2.71. The van der Waals surface area contributed by atoms with Gasteiger partial charge in [-0.05, 0) is 51.6 Å². The van der Waals surface area contributed by atoms with Crippen LogP contribution in [0.5, 0.6) is 5.75 Å². The van der Waals surface area contributed by atoms with Crippen molar-refractivity contribution in [2.24, 2.45) is 10.9 Å². The molecule has 164 valence electrons. The summed E-state index contributed by atoms with van der Waals surface area (Å²) in [5.41, 5.74) is 1.18. The minimum atomic E-state index is -0.106. The van der Waals surface area contributed by atoms with E-state index in [2.05, 4.69) is 46.3 Å². The second kappa shape index (κ2) is 12.9. The van der Waals surface area contributed by atoms with Gasteiger partial charge in [0, 0.05) is 26.7 Å². The van der Waals surface area contributed by atoms with Gasteiger partial charge < -0.3 is 24.6 Å². The van der Waals surface area contributed by atoms with Crippen LogP contribution >= 0.6 is 24.0 Å². The first-order valence-corrected chi connectivity index (χ1v) is 9.92. The standard InChI is InChI=1S/C21H34N4O3.HI/c1-6-28-20(26)17-10-8-12-25(15-17)21(22-2)23-14-19(24(3)4)16-9-7-11-18(13-16)27-5;/h7,9,11,13,17,19H,6,8,10,12,14-15H2,1-5H3,(H,22,23);1H. The molecule has 0 radical (unpaired) electrons. The van der Waals surface area contributed by atoms with Crippen molar-refractivity contribution in [3.8, 4) is 5.75 Å². The number of carbonyl (C=O) groups excluding carboxylic acids is 1. The normalized spacial score (nSPS) is 18.1. The molecule has 2 atom stereocenters. The molecular formula is C21H35IN4O3.